The average Bonchev–Trinajstić information content (AvgIpc) is 1.98. The molecule has 3 heteroatoms. The lowest BCUT2D eigenvalue weighted by Crippen LogP contribution is -2.25. The van der Waals surface area contributed by atoms with E-state index in [1.165, 1.54) is 7.11 Å². The van der Waals surface area contributed by atoms with Gasteiger partial charge in [-0.2, -0.15) is 0 Å². The third kappa shape index (κ3) is 3.12. The van der Waals surface area contributed by atoms with Gasteiger partial charge in [0.25, 0.3) is 5.91 Å². The van der Waals surface area contributed by atoms with E-state index >= 15 is 0 Å². The third-order valence-electron chi connectivity index (χ3n) is 1.04. The van der Waals surface area contributed by atoms with Gasteiger partial charge < -0.3 is 10.1 Å². The molecule has 1 amide bonds. The Labute approximate surface area is 61.1 Å². The Kier molecular flexibility index (Phi) is 4.37. The minimum atomic E-state index is -0.232. The van der Waals surface area contributed by atoms with Gasteiger partial charge in [-0.25, -0.2) is 0 Å². The number of carbonyl (C=O) groups excluding carboxylic acids is 1. The van der Waals surface area contributed by atoms with Crippen LogP contribution in [0.15, 0.2) is 12.3 Å². The van der Waals surface area contributed by atoms with Gasteiger partial charge in [-0.3, -0.25) is 4.79 Å². The van der Waals surface area contributed by atoms with E-state index in [9.17, 15) is 4.79 Å². The van der Waals surface area contributed by atoms with Crippen LogP contribution in [0.25, 0.3) is 0 Å². The fraction of sp³-hybridized carbons (Fsp3) is 0.571. The van der Waals surface area contributed by atoms with Crippen LogP contribution >= 0.6 is 0 Å². The molecule has 0 heterocycles. The zero-order chi connectivity index (χ0) is 7.98. The first-order valence-electron chi connectivity index (χ1n) is 3.23. The maximum Gasteiger partial charge on any atom is 0.285 e. The Hall–Kier alpha value is -0.990. The molecule has 58 valence electrons. The van der Waals surface area contributed by atoms with Gasteiger partial charge >= 0.3 is 0 Å². The molecule has 0 aliphatic heterocycles. The summed E-state index contributed by atoms with van der Waals surface area (Å²) in [6, 6.07) is 0. The predicted octanol–water partition coefficient (Wildman–Crippen LogP) is 0.673. The van der Waals surface area contributed by atoms with Crippen molar-refractivity contribution in [3.63, 3.8) is 0 Å². The van der Waals surface area contributed by atoms with Crippen molar-refractivity contribution in [3.8, 4) is 0 Å². The van der Waals surface area contributed by atoms with Gasteiger partial charge in [0.15, 0.2) is 5.76 Å². The molecule has 0 aliphatic rings. The molecule has 0 fully saturated rings. The monoisotopic (exact) mass is 143 g/mol. The Morgan fingerprint density at radius 1 is 1.70 bits per heavy atom. The van der Waals surface area contributed by atoms with Gasteiger partial charge in [0, 0.05) is 6.54 Å². The fourth-order valence-electron chi connectivity index (χ4n) is 0.430. The number of hydrogen-bond acceptors (Lipinski definition) is 2. The quantitative estimate of drug-likeness (QED) is 0.464. The molecule has 0 atom stereocenters. The van der Waals surface area contributed by atoms with Crippen molar-refractivity contribution in [2.24, 2.45) is 0 Å². The van der Waals surface area contributed by atoms with Crippen molar-refractivity contribution >= 4 is 5.91 Å². The average molecular weight is 143 g/mol. The summed E-state index contributed by atoms with van der Waals surface area (Å²) in [4.78, 5) is 10.8. The van der Waals surface area contributed by atoms with Gasteiger partial charge in [0.05, 0.1) is 7.11 Å². The van der Waals surface area contributed by atoms with Crippen molar-refractivity contribution in [2.45, 2.75) is 13.3 Å². The molecule has 0 aliphatic carbocycles. The van der Waals surface area contributed by atoms with Crippen LogP contribution in [0.1, 0.15) is 13.3 Å². The molecule has 0 bridgehead atoms. The van der Waals surface area contributed by atoms with Crippen molar-refractivity contribution in [2.75, 3.05) is 13.7 Å². The number of hydrogen-bond donors (Lipinski definition) is 1. The van der Waals surface area contributed by atoms with Crippen LogP contribution in [0.3, 0.4) is 0 Å². The first-order chi connectivity index (χ1) is 4.72. The lowest BCUT2D eigenvalue weighted by Gasteiger charge is -2.03. The molecule has 0 unspecified atom stereocenters. The third-order valence-corrected chi connectivity index (χ3v) is 1.04. The van der Waals surface area contributed by atoms with Crippen molar-refractivity contribution in [3.05, 3.63) is 12.3 Å². The number of rotatable bonds is 4. The van der Waals surface area contributed by atoms with Crippen LogP contribution in [0.2, 0.25) is 0 Å². The molecular formula is C7H13NO2. The second-order valence-electron chi connectivity index (χ2n) is 1.88. The molecule has 0 rings (SSSR count). The second kappa shape index (κ2) is 4.85. The van der Waals surface area contributed by atoms with E-state index in [0.717, 1.165) is 6.42 Å². The van der Waals surface area contributed by atoms with E-state index in [0.29, 0.717) is 6.54 Å². The minimum absolute atomic E-state index is 0.161. The van der Waals surface area contributed by atoms with E-state index < -0.39 is 0 Å². The number of methoxy groups -OCH3 is 1. The second-order valence-corrected chi connectivity index (χ2v) is 1.88. The number of ether oxygens (including phenoxy) is 1. The van der Waals surface area contributed by atoms with Crippen LogP contribution in [0.5, 0.6) is 0 Å². The number of carbonyl (C=O) groups is 1. The highest BCUT2D eigenvalue weighted by Gasteiger charge is 2.02. The Morgan fingerprint density at radius 3 is 2.70 bits per heavy atom. The van der Waals surface area contributed by atoms with Gasteiger partial charge in [-0.15, -0.1) is 0 Å². The largest absolute Gasteiger partial charge is 0.492 e. The van der Waals surface area contributed by atoms with Crippen molar-refractivity contribution < 1.29 is 9.53 Å². The SMILES string of the molecule is C=C(OC)C(=O)NCCC. The molecule has 0 spiro atoms. The summed E-state index contributed by atoms with van der Waals surface area (Å²) in [6.07, 6.45) is 0.919. The molecule has 0 aromatic heterocycles. The molecule has 0 radical (unpaired) electrons. The molecule has 1 N–H and O–H groups in total. The summed E-state index contributed by atoms with van der Waals surface area (Å²) >= 11 is 0. The van der Waals surface area contributed by atoms with E-state index in [2.05, 4.69) is 16.6 Å². The summed E-state index contributed by atoms with van der Waals surface area (Å²) < 4.78 is 4.60. The van der Waals surface area contributed by atoms with Gasteiger partial charge in [-0.1, -0.05) is 13.5 Å². The predicted molar refractivity (Wildman–Crippen MR) is 39.4 cm³/mol. The maximum absolute atomic E-state index is 10.8. The summed E-state index contributed by atoms with van der Waals surface area (Å²) in [5, 5.41) is 2.62. The highest BCUT2D eigenvalue weighted by molar-refractivity contribution is 5.90. The van der Waals surface area contributed by atoms with E-state index in [-0.39, 0.29) is 11.7 Å². The molecule has 3 nitrogen and oxygen atoms in total. The number of amides is 1. The first kappa shape index (κ1) is 9.01. The van der Waals surface area contributed by atoms with E-state index in [4.69, 9.17) is 0 Å². The van der Waals surface area contributed by atoms with Crippen LogP contribution in [0, 0.1) is 0 Å². The molecular weight excluding hydrogens is 130 g/mol. The van der Waals surface area contributed by atoms with Crippen molar-refractivity contribution in [1.29, 1.82) is 0 Å². The van der Waals surface area contributed by atoms with Gasteiger partial charge in [-0.05, 0) is 6.42 Å². The zero-order valence-corrected chi connectivity index (χ0v) is 6.44. The Morgan fingerprint density at radius 2 is 2.30 bits per heavy atom. The van der Waals surface area contributed by atoms with Gasteiger partial charge in [0.1, 0.15) is 0 Å². The fourth-order valence-corrected chi connectivity index (χ4v) is 0.430. The molecule has 0 saturated carbocycles. The van der Waals surface area contributed by atoms with Crippen LogP contribution in [-0.4, -0.2) is 19.6 Å². The zero-order valence-electron chi connectivity index (χ0n) is 6.44. The number of nitrogens with one attached hydrogen (secondary N) is 1. The summed E-state index contributed by atoms with van der Waals surface area (Å²) in [7, 11) is 1.42. The van der Waals surface area contributed by atoms with Crippen LogP contribution < -0.4 is 5.32 Å². The molecule has 0 aromatic rings. The maximum atomic E-state index is 10.8. The van der Waals surface area contributed by atoms with Crippen LogP contribution in [-0.2, 0) is 9.53 Å². The standard InChI is InChI=1S/C7H13NO2/c1-4-5-8-7(9)6(2)10-3/h2,4-5H2,1,3H3,(H,8,9). The summed E-state index contributed by atoms with van der Waals surface area (Å²) in [5.41, 5.74) is 0. The lowest BCUT2D eigenvalue weighted by atomic mass is 10.4. The topological polar surface area (TPSA) is 38.3 Å². The molecule has 0 aromatic carbocycles. The highest BCUT2D eigenvalue weighted by Crippen LogP contribution is 1.88. The van der Waals surface area contributed by atoms with E-state index in [1.807, 2.05) is 6.92 Å². The first-order valence-corrected chi connectivity index (χ1v) is 3.23. The Bertz CT molecular complexity index is 132. The summed E-state index contributed by atoms with van der Waals surface area (Å²) in [6.45, 7) is 6.04. The van der Waals surface area contributed by atoms with Gasteiger partial charge in [0.2, 0.25) is 0 Å². The van der Waals surface area contributed by atoms with Crippen molar-refractivity contribution in [1.82, 2.24) is 5.32 Å². The lowest BCUT2D eigenvalue weighted by molar-refractivity contribution is -0.120. The normalized spacial score (nSPS) is 8.60. The minimum Gasteiger partial charge on any atom is -0.492 e. The summed E-state index contributed by atoms with van der Waals surface area (Å²) in [5.74, 6) is -0.0715. The smallest absolute Gasteiger partial charge is 0.285 e. The highest BCUT2D eigenvalue weighted by atomic mass is 16.5. The van der Waals surface area contributed by atoms with E-state index in [1.54, 1.807) is 0 Å². The Balaban J connectivity index is 3.52. The van der Waals surface area contributed by atoms with Crippen LogP contribution in [0.4, 0.5) is 0 Å². The molecule has 0 saturated heterocycles. The molecule has 10 heavy (non-hydrogen) atoms.